The third-order valence-electron chi connectivity index (χ3n) is 5.85. The van der Waals surface area contributed by atoms with Gasteiger partial charge in [0.2, 0.25) is 6.10 Å². The highest BCUT2D eigenvalue weighted by Gasteiger charge is 2.33. The summed E-state index contributed by atoms with van der Waals surface area (Å²) < 4.78 is 13.3. The number of aryl methyl sites for hydroxylation is 1. The van der Waals surface area contributed by atoms with E-state index in [1.807, 2.05) is 60.1 Å². The molecule has 3 heterocycles. The van der Waals surface area contributed by atoms with E-state index >= 15 is 0 Å². The van der Waals surface area contributed by atoms with Crippen molar-refractivity contribution in [2.24, 2.45) is 0 Å². The molecule has 1 saturated heterocycles. The number of carbonyl (C=O) groups is 2. The summed E-state index contributed by atoms with van der Waals surface area (Å²) in [6.45, 7) is 4.07. The maximum atomic E-state index is 12.9. The molecular formula is C24H24N4O4. The van der Waals surface area contributed by atoms with Gasteiger partial charge in [-0.1, -0.05) is 12.1 Å². The molecule has 0 radical (unpaired) electrons. The minimum Gasteiger partial charge on any atom is -0.485 e. The fraction of sp³-hybridized carbons (Fsp3) is 0.292. The monoisotopic (exact) mass is 432 g/mol. The second-order valence-corrected chi connectivity index (χ2v) is 7.91. The van der Waals surface area contributed by atoms with Crippen LogP contribution in [0.15, 0.2) is 60.8 Å². The average Bonchev–Trinajstić information content (AvgIpc) is 3.29. The lowest BCUT2D eigenvalue weighted by Crippen LogP contribution is -2.55. The lowest BCUT2D eigenvalue weighted by Gasteiger charge is -2.37. The first-order valence-electron chi connectivity index (χ1n) is 10.7. The highest BCUT2D eigenvalue weighted by atomic mass is 16.6. The molecule has 2 aliphatic heterocycles. The van der Waals surface area contributed by atoms with Crippen molar-refractivity contribution in [3.8, 4) is 17.2 Å². The highest BCUT2D eigenvalue weighted by molar-refractivity contribution is 5.94. The smallest absolute Gasteiger partial charge is 0.267 e. The Morgan fingerprint density at radius 1 is 0.906 bits per heavy atom. The van der Waals surface area contributed by atoms with Crippen LogP contribution in [0.2, 0.25) is 0 Å². The molecule has 5 rings (SSSR count). The number of fused-ring (bicyclic) bond motifs is 1. The number of hydrogen-bond acceptors (Lipinski definition) is 5. The summed E-state index contributed by atoms with van der Waals surface area (Å²) in [6.07, 6.45) is 1.09. The van der Waals surface area contributed by atoms with Crippen LogP contribution in [0, 0.1) is 6.92 Å². The summed E-state index contributed by atoms with van der Waals surface area (Å²) in [7, 11) is 0. The number of nitrogens with zero attached hydrogens (tertiary/aromatic N) is 4. The van der Waals surface area contributed by atoms with Crippen LogP contribution in [0.5, 0.6) is 11.5 Å². The average molecular weight is 432 g/mol. The largest absolute Gasteiger partial charge is 0.485 e. The van der Waals surface area contributed by atoms with Crippen molar-refractivity contribution in [3.05, 3.63) is 72.1 Å². The minimum atomic E-state index is -0.662. The first kappa shape index (κ1) is 20.1. The van der Waals surface area contributed by atoms with Crippen molar-refractivity contribution in [2.45, 2.75) is 13.0 Å². The highest BCUT2D eigenvalue weighted by Crippen LogP contribution is 2.31. The van der Waals surface area contributed by atoms with E-state index in [0.29, 0.717) is 43.2 Å². The molecule has 2 amide bonds. The van der Waals surface area contributed by atoms with Crippen molar-refractivity contribution < 1.29 is 19.1 Å². The van der Waals surface area contributed by atoms with E-state index in [2.05, 4.69) is 5.10 Å². The second kappa shape index (κ2) is 8.37. The van der Waals surface area contributed by atoms with Crippen LogP contribution in [0.3, 0.4) is 0 Å². The van der Waals surface area contributed by atoms with Crippen LogP contribution in [0.25, 0.3) is 5.69 Å². The van der Waals surface area contributed by atoms with Gasteiger partial charge in [-0.2, -0.15) is 5.10 Å². The van der Waals surface area contributed by atoms with Crippen LogP contribution in [0.1, 0.15) is 16.1 Å². The molecule has 0 unspecified atom stereocenters. The second-order valence-electron chi connectivity index (χ2n) is 7.91. The van der Waals surface area contributed by atoms with Gasteiger partial charge in [-0.05, 0) is 49.4 Å². The molecule has 164 valence electrons. The molecule has 2 aliphatic rings. The Hall–Kier alpha value is -3.81. The van der Waals surface area contributed by atoms with Gasteiger partial charge < -0.3 is 19.3 Å². The van der Waals surface area contributed by atoms with Crippen LogP contribution >= 0.6 is 0 Å². The Morgan fingerprint density at radius 3 is 2.28 bits per heavy atom. The number of rotatable bonds is 3. The van der Waals surface area contributed by atoms with Crippen LogP contribution < -0.4 is 9.47 Å². The summed E-state index contributed by atoms with van der Waals surface area (Å²) in [5.74, 6) is 1.10. The Bertz CT molecular complexity index is 1130. The quantitative estimate of drug-likeness (QED) is 0.635. The van der Waals surface area contributed by atoms with Gasteiger partial charge in [0.05, 0.1) is 5.69 Å². The molecule has 1 atom stereocenters. The molecule has 0 aliphatic carbocycles. The zero-order valence-electron chi connectivity index (χ0n) is 17.8. The summed E-state index contributed by atoms with van der Waals surface area (Å²) in [5.41, 5.74) is 2.57. The van der Waals surface area contributed by atoms with E-state index in [1.165, 1.54) is 0 Å². The molecule has 0 N–H and O–H groups in total. The molecular weight excluding hydrogens is 408 g/mol. The van der Waals surface area contributed by atoms with Gasteiger partial charge in [0.15, 0.2) is 11.5 Å². The fourth-order valence-corrected chi connectivity index (χ4v) is 4.04. The van der Waals surface area contributed by atoms with E-state index < -0.39 is 6.10 Å². The van der Waals surface area contributed by atoms with Crippen molar-refractivity contribution in [2.75, 3.05) is 32.8 Å². The van der Waals surface area contributed by atoms with Gasteiger partial charge in [-0.3, -0.25) is 9.59 Å². The van der Waals surface area contributed by atoms with Crippen LogP contribution in [-0.2, 0) is 4.79 Å². The predicted molar refractivity (Wildman–Crippen MR) is 117 cm³/mol. The number of ether oxygens (including phenoxy) is 2. The maximum absolute atomic E-state index is 12.9. The normalized spacial score (nSPS) is 17.8. The minimum absolute atomic E-state index is 0.0352. The Labute approximate surface area is 185 Å². The lowest BCUT2D eigenvalue weighted by atomic mass is 10.1. The number of hydrogen-bond donors (Lipinski definition) is 0. The number of amides is 2. The number of aromatic nitrogens is 2. The number of carbonyl (C=O) groups excluding carboxylic acids is 2. The molecule has 2 aromatic carbocycles. The summed E-state index contributed by atoms with van der Waals surface area (Å²) in [4.78, 5) is 29.4. The molecule has 1 aromatic heterocycles. The SMILES string of the molecule is Cc1ccnn1-c1ccc(C(=O)N2CCN(C(=O)[C@@H]3COc4ccccc4O3)CC2)cc1. The Kier molecular flexibility index (Phi) is 5.26. The summed E-state index contributed by atoms with van der Waals surface area (Å²) >= 11 is 0. The molecule has 32 heavy (non-hydrogen) atoms. The van der Waals surface area contributed by atoms with Gasteiger partial charge in [0.25, 0.3) is 11.8 Å². The predicted octanol–water partition coefficient (Wildman–Crippen LogP) is 2.31. The van der Waals surface area contributed by atoms with Gasteiger partial charge in [-0.25, -0.2) is 4.68 Å². The first-order valence-corrected chi connectivity index (χ1v) is 10.7. The van der Waals surface area contributed by atoms with Gasteiger partial charge in [-0.15, -0.1) is 0 Å². The molecule has 0 bridgehead atoms. The maximum Gasteiger partial charge on any atom is 0.267 e. The standard InChI is InChI=1S/C24H24N4O4/c1-17-10-11-25-28(17)19-8-6-18(7-9-19)23(29)26-12-14-27(15-13-26)24(30)22-16-31-20-4-2-3-5-21(20)32-22/h2-11,22H,12-16H2,1H3/t22-/m0/s1. The molecule has 3 aromatic rings. The van der Waals surface area contributed by atoms with Crippen molar-refractivity contribution in [1.82, 2.24) is 19.6 Å². The zero-order chi connectivity index (χ0) is 22.1. The molecule has 0 saturated carbocycles. The summed E-state index contributed by atoms with van der Waals surface area (Å²) in [6, 6.07) is 16.7. The molecule has 0 spiro atoms. The topological polar surface area (TPSA) is 76.9 Å². The number of piperazine rings is 1. The summed E-state index contributed by atoms with van der Waals surface area (Å²) in [5, 5.41) is 4.29. The van der Waals surface area contributed by atoms with Crippen molar-refractivity contribution in [1.29, 1.82) is 0 Å². The van der Waals surface area contributed by atoms with E-state index in [1.54, 1.807) is 22.1 Å². The zero-order valence-corrected chi connectivity index (χ0v) is 17.8. The van der Waals surface area contributed by atoms with E-state index in [-0.39, 0.29) is 18.4 Å². The van der Waals surface area contributed by atoms with Gasteiger partial charge in [0.1, 0.15) is 6.61 Å². The first-order chi connectivity index (χ1) is 15.6. The molecule has 8 nitrogen and oxygen atoms in total. The van der Waals surface area contributed by atoms with E-state index in [0.717, 1.165) is 11.4 Å². The van der Waals surface area contributed by atoms with Crippen LogP contribution in [-0.4, -0.2) is 70.3 Å². The third kappa shape index (κ3) is 3.79. The van der Waals surface area contributed by atoms with Crippen molar-refractivity contribution in [3.63, 3.8) is 0 Å². The van der Waals surface area contributed by atoms with Crippen LogP contribution in [0.4, 0.5) is 0 Å². The van der Waals surface area contributed by atoms with Gasteiger partial charge in [0, 0.05) is 43.6 Å². The Morgan fingerprint density at radius 2 is 1.59 bits per heavy atom. The Balaban J connectivity index is 1.18. The van der Waals surface area contributed by atoms with E-state index in [9.17, 15) is 9.59 Å². The lowest BCUT2D eigenvalue weighted by molar-refractivity contribution is -0.142. The van der Waals surface area contributed by atoms with Gasteiger partial charge >= 0.3 is 0 Å². The molecule has 1 fully saturated rings. The third-order valence-corrected chi connectivity index (χ3v) is 5.85. The number of para-hydroxylation sites is 2. The molecule has 8 heteroatoms. The van der Waals surface area contributed by atoms with E-state index in [4.69, 9.17) is 9.47 Å². The number of benzene rings is 2. The fourth-order valence-electron chi connectivity index (χ4n) is 4.04. The van der Waals surface area contributed by atoms with Crippen molar-refractivity contribution >= 4 is 11.8 Å².